The van der Waals surface area contributed by atoms with Crippen molar-refractivity contribution in [3.05, 3.63) is 35.9 Å². The highest BCUT2D eigenvalue weighted by Gasteiger charge is 2.29. The summed E-state index contributed by atoms with van der Waals surface area (Å²) >= 11 is 0. The maximum absolute atomic E-state index is 12.1. The summed E-state index contributed by atoms with van der Waals surface area (Å²) in [5.41, 5.74) is 1.03. The molecule has 2 N–H and O–H groups in total. The van der Waals surface area contributed by atoms with Crippen LogP contribution in [0.5, 0.6) is 0 Å². The van der Waals surface area contributed by atoms with E-state index in [9.17, 15) is 14.4 Å². The molecule has 0 unspecified atom stereocenters. The largest absolute Gasteiger partial charge is 0.481 e. The molecule has 1 aliphatic carbocycles. The lowest BCUT2D eigenvalue weighted by Gasteiger charge is -2.25. The maximum Gasteiger partial charge on any atom is 0.306 e. The second-order valence-corrected chi connectivity index (χ2v) is 6.34. The van der Waals surface area contributed by atoms with Crippen molar-refractivity contribution < 1.29 is 19.5 Å². The van der Waals surface area contributed by atoms with Crippen LogP contribution in [0.3, 0.4) is 0 Å². The van der Waals surface area contributed by atoms with Crippen LogP contribution in [0, 0.1) is 11.8 Å². The molecule has 1 aromatic rings. The molecular formula is C18H24N2O4. The van der Waals surface area contributed by atoms with Crippen LogP contribution in [-0.4, -0.2) is 41.4 Å². The van der Waals surface area contributed by atoms with E-state index in [2.05, 4.69) is 5.32 Å². The van der Waals surface area contributed by atoms with Gasteiger partial charge in [0.15, 0.2) is 0 Å². The number of rotatable bonds is 6. The van der Waals surface area contributed by atoms with Crippen LogP contribution in [-0.2, 0) is 20.9 Å². The van der Waals surface area contributed by atoms with Gasteiger partial charge in [-0.3, -0.25) is 14.4 Å². The number of carboxylic acids is 1. The summed E-state index contributed by atoms with van der Waals surface area (Å²) in [6.07, 6.45) is 2.18. The molecule has 0 radical (unpaired) electrons. The molecule has 1 saturated carbocycles. The molecule has 24 heavy (non-hydrogen) atoms. The smallest absolute Gasteiger partial charge is 0.306 e. The second kappa shape index (κ2) is 8.47. The minimum Gasteiger partial charge on any atom is -0.481 e. The second-order valence-electron chi connectivity index (χ2n) is 6.34. The normalized spacial score (nSPS) is 20.2. The zero-order valence-corrected chi connectivity index (χ0v) is 13.9. The van der Waals surface area contributed by atoms with Gasteiger partial charge in [-0.25, -0.2) is 0 Å². The van der Waals surface area contributed by atoms with E-state index in [-0.39, 0.29) is 30.2 Å². The van der Waals surface area contributed by atoms with Crippen molar-refractivity contribution in [2.45, 2.75) is 32.2 Å². The number of carbonyl (C=O) groups excluding carboxylic acids is 2. The van der Waals surface area contributed by atoms with E-state index in [1.165, 1.54) is 0 Å². The average molecular weight is 332 g/mol. The lowest BCUT2D eigenvalue weighted by molar-refractivity contribution is -0.144. The molecular weight excluding hydrogens is 308 g/mol. The maximum atomic E-state index is 12.1. The van der Waals surface area contributed by atoms with Crippen LogP contribution in [0.1, 0.15) is 31.2 Å². The number of aliphatic carboxylic acids is 1. The first kappa shape index (κ1) is 18.0. The Labute approximate surface area is 141 Å². The van der Waals surface area contributed by atoms with Crippen LogP contribution in [0.2, 0.25) is 0 Å². The molecule has 1 aliphatic rings. The molecule has 0 atom stereocenters. The average Bonchev–Trinajstić information content (AvgIpc) is 2.60. The van der Waals surface area contributed by atoms with E-state index in [4.69, 9.17) is 5.11 Å². The number of carbonyl (C=O) groups is 3. The fourth-order valence-corrected chi connectivity index (χ4v) is 2.99. The van der Waals surface area contributed by atoms with Crippen molar-refractivity contribution in [3.63, 3.8) is 0 Å². The van der Waals surface area contributed by atoms with Crippen molar-refractivity contribution in [2.75, 3.05) is 13.6 Å². The lowest BCUT2D eigenvalue weighted by atomic mass is 9.81. The number of hydrogen-bond acceptors (Lipinski definition) is 3. The lowest BCUT2D eigenvalue weighted by Crippen LogP contribution is -2.41. The summed E-state index contributed by atoms with van der Waals surface area (Å²) in [4.78, 5) is 36.7. The molecule has 1 aromatic carbocycles. The number of amides is 2. The number of nitrogens with one attached hydrogen (secondary N) is 1. The molecule has 0 aromatic heterocycles. The van der Waals surface area contributed by atoms with Gasteiger partial charge in [-0.1, -0.05) is 30.3 Å². The van der Waals surface area contributed by atoms with Gasteiger partial charge in [0.25, 0.3) is 0 Å². The van der Waals surface area contributed by atoms with Crippen molar-refractivity contribution in [3.8, 4) is 0 Å². The van der Waals surface area contributed by atoms with Crippen LogP contribution < -0.4 is 5.32 Å². The topological polar surface area (TPSA) is 86.7 Å². The molecule has 0 saturated heterocycles. The fraction of sp³-hybridized carbons (Fsp3) is 0.500. The Morgan fingerprint density at radius 1 is 1.08 bits per heavy atom. The van der Waals surface area contributed by atoms with E-state index in [0.717, 1.165) is 5.56 Å². The quantitative estimate of drug-likeness (QED) is 0.829. The number of carboxylic acid groups (broad SMARTS) is 1. The summed E-state index contributed by atoms with van der Waals surface area (Å²) in [7, 11) is 1.71. The SMILES string of the molecule is CN(Cc1ccccc1)C(=O)CNC(=O)C1CCC(C(=O)O)CC1. The van der Waals surface area contributed by atoms with Crippen LogP contribution in [0.15, 0.2) is 30.3 Å². The summed E-state index contributed by atoms with van der Waals surface area (Å²) in [6.45, 7) is 0.473. The molecule has 2 rings (SSSR count). The summed E-state index contributed by atoms with van der Waals surface area (Å²) < 4.78 is 0. The Bertz CT molecular complexity index is 580. The first-order valence-electron chi connectivity index (χ1n) is 8.25. The first-order chi connectivity index (χ1) is 11.5. The van der Waals surface area contributed by atoms with Gasteiger partial charge >= 0.3 is 5.97 Å². The predicted octanol–water partition coefficient (Wildman–Crippen LogP) is 1.65. The molecule has 0 aliphatic heterocycles. The summed E-state index contributed by atoms with van der Waals surface area (Å²) in [5.74, 6) is -1.61. The van der Waals surface area contributed by atoms with Gasteiger partial charge < -0.3 is 15.3 Å². The van der Waals surface area contributed by atoms with Crippen molar-refractivity contribution in [2.24, 2.45) is 11.8 Å². The fourth-order valence-electron chi connectivity index (χ4n) is 2.99. The monoisotopic (exact) mass is 332 g/mol. The summed E-state index contributed by atoms with van der Waals surface area (Å²) in [6, 6.07) is 9.66. The first-order valence-corrected chi connectivity index (χ1v) is 8.25. The van der Waals surface area contributed by atoms with Gasteiger partial charge in [0.1, 0.15) is 0 Å². The molecule has 6 heteroatoms. The number of likely N-dealkylation sites (N-methyl/N-ethyl adjacent to an activating group) is 1. The Hall–Kier alpha value is -2.37. The standard InChI is InChI=1S/C18H24N2O4/c1-20(12-13-5-3-2-4-6-13)16(21)11-19-17(22)14-7-9-15(10-8-14)18(23)24/h2-6,14-15H,7-12H2,1H3,(H,19,22)(H,23,24). The van der Waals surface area contributed by atoms with E-state index in [1.54, 1.807) is 11.9 Å². The molecule has 6 nitrogen and oxygen atoms in total. The number of nitrogens with zero attached hydrogens (tertiary/aromatic N) is 1. The Morgan fingerprint density at radius 3 is 2.25 bits per heavy atom. The minimum absolute atomic E-state index is 0.0268. The minimum atomic E-state index is -0.786. The van der Waals surface area contributed by atoms with Crippen LogP contribution >= 0.6 is 0 Å². The van der Waals surface area contributed by atoms with E-state index >= 15 is 0 Å². The van der Waals surface area contributed by atoms with Crippen molar-refractivity contribution in [1.29, 1.82) is 0 Å². The highest BCUT2D eigenvalue weighted by Crippen LogP contribution is 2.28. The molecule has 1 fully saturated rings. The molecule has 0 bridgehead atoms. The predicted molar refractivity (Wildman–Crippen MR) is 89.0 cm³/mol. The third kappa shape index (κ3) is 5.08. The highest BCUT2D eigenvalue weighted by molar-refractivity contribution is 5.86. The molecule has 0 spiro atoms. The number of hydrogen-bond donors (Lipinski definition) is 2. The van der Waals surface area contributed by atoms with E-state index < -0.39 is 5.97 Å². The molecule has 130 valence electrons. The van der Waals surface area contributed by atoms with Gasteiger partial charge in [-0.2, -0.15) is 0 Å². The van der Waals surface area contributed by atoms with Crippen LogP contribution in [0.25, 0.3) is 0 Å². The van der Waals surface area contributed by atoms with Gasteiger partial charge in [-0.15, -0.1) is 0 Å². The highest BCUT2D eigenvalue weighted by atomic mass is 16.4. The Morgan fingerprint density at radius 2 is 1.67 bits per heavy atom. The zero-order valence-electron chi connectivity index (χ0n) is 13.9. The number of benzene rings is 1. The molecule has 2 amide bonds. The third-order valence-corrected chi connectivity index (χ3v) is 4.55. The zero-order chi connectivity index (χ0) is 17.5. The van der Waals surface area contributed by atoms with Crippen molar-refractivity contribution >= 4 is 17.8 Å². The van der Waals surface area contributed by atoms with Gasteiger partial charge in [0, 0.05) is 19.5 Å². The van der Waals surface area contributed by atoms with Gasteiger partial charge in [0.05, 0.1) is 12.5 Å². The molecule has 0 heterocycles. The summed E-state index contributed by atoms with van der Waals surface area (Å²) in [5, 5.41) is 11.7. The van der Waals surface area contributed by atoms with E-state index in [1.807, 2.05) is 30.3 Å². The van der Waals surface area contributed by atoms with Crippen LogP contribution in [0.4, 0.5) is 0 Å². The van der Waals surface area contributed by atoms with E-state index in [0.29, 0.717) is 32.2 Å². The third-order valence-electron chi connectivity index (χ3n) is 4.55. The Kier molecular flexibility index (Phi) is 6.35. The van der Waals surface area contributed by atoms with Gasteiger partial charge in [0.2, 0.25) is 11.8 Å². The van der Waals surface area contributed by atoms with Gasteiger partial charge in [-0.05, 0) is 31.2 Å². The van der Waals surface area contributed by atoms with Crippen molar-refractivity contribution in [1.82, 2.24) is 10.2 Å². The Balaban J connectivity index is 1.73.